The fourth-order valence-electron chi connectivity index (χ4n) is 4.04. The molecule has 4 rings (SSSR count). The van der Waals surface area contributed by atoms with Crippen LogP contribution in [0.2, 0.25) is 0 Å². The van der Waals surface area contributed by atoms with E-state index in [9.17, 15) is 5.11 Å². The fourth-order valence-corrected chi connectivity index (χ4v) is 4.75. The van der Waals surface area contributed by atoms with E-state index in [2.05, 4.69) is 53.6 Å². The van der Waals surface area contributed by atoms with E-state index in [0.29, 0.717) is 5.75 Å². The molecule has 3 nitrogen and oxygen atoms in total. The van der Waals surface area contributed by atoms with Crippen molar-refractivity contribution in [2.24, 2.45) is 0 Å². The summed E-state index contributed by atoms with van der Waals surface area (Å²) in [6, 6.07) is 18.4. The summed E-state index contributed by atoms with van der Waals surface area (Å²) in [5.41, 5.74) is 3.79. The number of benzene rings is 2. The van der Waals surface area contributed by atoms with Gasteiger partial charge in [0.2, 0.25) is 0 Å². The first-order chi connectivity index (χ1) is 12.7. The molecule has 0 unspecified atom stereocenters. The van der Waals surface area contributed by atoms with E-state index < -0.39 is 0 Å². The van der Waals surface area contributed by atoms with Crippen molar-refractivity contribution in [1.29, 1.82) is 0 Å². The molecule has 4 heteroatoms. The zero-order valence-electron chi connectivity index (χ0n) is 15.1. The Bertz CT molecular complexity index is 867. The minimum absolute atomic E-state index is 0.0152. The molecule has 3 aromatic rings. The fraction of sp³-hybridized carbons (Fsp3) is 0.318. The Morgan fingerprint density at radius 2 is 1.85 bits per heavy atom. The zero-order chi connectivity index (χ0) is 18.0. The van der Waals surface area contributed by atoms with Gasteiger partial charge in [0.25, 0.3) is 0 Å². The highest BCUT2D eigenvalue weighted by Gasteiger charge is 2.39. The van der Waals surface area contributed by atoms with Crippen LogP contribution in [0.4, 0.5) is 0 Å². The van der Waals surface area contributed by atoms with Crippen LogP contribution in [0.25, 0.3) is 0 Å². The van der Waals surface area contributed by atoms with Crippen LogP contribution in [0.15, 0.2) is 60.0 Å². The van der Waals surface area contributed by atoms with Crippen LogP contribution in [0.1, 0.15) is 34.7 Å². The summed E-state index contributed by atoms with van der Waals surface area (Å²) in [5.74, 6) is 0.344. The molecule has 0 amide bonds. The zero-order valence-corrected chi connectivity index (χ0v) is 15.9. The molecule has 134 valence electrons. The largest absolute Gasteiger partial charge is 0.508 e. The van der Waals surface area contributed by atoms with E-state index in [4.69, 9.17) is 4.98 Å². The van der Waals surface area contributed by atoms with Crippen molar-refractivity contribution in [2.45, 2.75) is 31.7 Å². The van der Waals surface area contributed by atoms with Crippen molar-refractivity contribution < 1.29 is 5.11 Å². The number of aromatic nitrogens is 1. The molecule has 1 N–H and O–H groups in total. The second-order valence-corrected chi connectivity index (χ2v) is 8.21. The molecule has 1 aliphatic rings. The first-order valence-electron chi connectivity index (χ1n) is 9.14. The summed E-state index contributed by atoms with van der Waals surface area (Å²) in [4.78, 5) is 7.35. The third-order valence-corrected chi connectivity index (χ3v) is 6.24. The number of aromatic hydroxyl groups is 1. The average molecular weight is 365 g/mol. The number of phenolic OH excluding ortho intramolecular Hbond substituents is 1. The predicted molar refractivity (Wildman–Crippen MR) is 107 cm³/mol. The van der Waals surface area contributed by atoms with Gasteiger partial charge in [-0.15, -0.1) is 11.3 Å². The Balaban J connectivity index is 1.57. The summed E-state index contributed by atoms with van der Waals surface area (Å²) in [6.45, 7) is 5.03. The molecule has 1 aliphatic heterocycles. The van der Waals surface area contributed by atoms with Gasteiger partial charge in [-0.05, 0) is 56.1 Å². The van der Waals surface area contributed by atoms with Crippen LogP contribution in [0, 0.1) is 6.92 Å². The van der Waals surface area contributed by atoms with Crippen LogP contribution in [0.3, 0.4) is 0 Å². The molecule has 1 aromatic heterocycles. The maximum absolute atomic E-state index is 9.70. The number of aryl methyl sites for hydroxylation is 1. The van der Waals surface area contributed by atoms with Crippen molar-refractivity contribution >= 4 is 11.3 Å². The highest BCUT2D eigenvalue weighted by molar-refractivity contribution is 7.09. The van der Waals surface area contributed by atoms with Crippen LogP contribution in [-0.2, 0) is 12.0 Å². The van der Waals surface area contributed by atoms with Gasteiger partial charge >= 0.3 is 0 Å². The lowest BCUT2D eigenvalue weighted by molar-refractivity contribution is 0.170. The summed E-state index contributed by atoms with van der Waals surface area (Å²) in [7, 11) is 0. The first-order valence-corrected chi connectivity index (χ1v) is 10.0. The molecule has 0 spiro atoms. The van der Waals surface area contributed by atoms with Crippen LogP contribution in [-0.4, -0.2) is 28.1 Å². The Kier molecular flexibility index (Phi) is 4.79. The third-order valence-electron chi connectivity index (χ3n) is 5.46. The molecule has 2 heterocycles. The van der Waals surface area contributed by atoms with Crippen molar-refractivity contribution in [1.82, 2.24) is 9.88 Å². The minimum atomic E-state index is 0.0152. The van der Waals surface area contributed by atoms with E-state index in [1.165, 1.54) is 16.8 Å². The number of likely N-dealkylation sites (tertiary alicyclic amines) is 1. The maximum Gasteiger partial charge on any atom is 0.115 e. The van der Waals surface area contributed by atoms with Gasteiger partial charge < -0.3 is 5.11 Å². The monoisotopic (exact) mass is 364 g/mol. The van der Waals surface area contributed by atoms with Crippen molar-refractivity contribution in [3.05, 3.63) is 81.8 Å². The first kappa shape index (κ1) is 17.3. The number of hydrogen-bond donors (Lipinski definition) is 1. The molecule has 2 aromatic carbocycles. The van der Waals surface area contributed by atoms with E-state index >= 15 is 0 Å². The number of nitrogens with zero attached hydrogens (tertiary/aromatic N) is 2. The van der Waals surface area contributed by atoms with Crippen molar-refractivity contribution in [2.75, 3.05) is 13.1 Å². The molecule has 0 bridgehead atoms. The number of thiazole rings is 1. The van der Waals surface area contributed by atoms with Gasteiger partial charge in [-0.3, -0.25) is 4.90 Å². The summed E-state index contributed by atoms with van der Waals surface area (Å²) < 4.78 is 0. The molecule has 26 heavy (non-hydrogen) atoms. The molecule has 1 fully saturated rings. The van der Waals surface area contributed by atoms with Gasteiger partial charge in [0.05, 0.1) is 10.7 Å². The van der Waals surface area contributed by atoms with Crippen molar-refractivity contribution in [3.63, 3.8) is 0 Å². The third kappa shape index (κ3) is 3.39. The lowest BCUT2D eigenvalue weighted by Crippen LogP contribution is -2.43. The Labute approximate surface area is 159 Å². The van der Waals surface area contributed by atoms with Gasteiger partial charge in [-0.1, -0.05) is 42.5 Å². The Hall–Kier alpha value is -2.17. The highest BCUT2D eigenvalue weighted by Crippen LogP contribution is 2.42. The molecular formula is C22H24N2OS. The standard InChI is InChI=1S/C22H24N2OS/c1-17-23-21(16-26-17)22(19-7-3-2-4-8-19)10-12-24(13-11-22)15-18-6-5-9-20(25)14-18/h2-9,14,16,25H,10-13,15H2,1H3. The normalized spacial score (nSPS) is 17.3. The number of piperidine rings is 1. The SMILES string of the molecule is Cc1nc(C2(c3ccccc3)CCN(Cc3cccc(O)c3)CC2)cs1. The van der Waals surface area contributed by atoms with E-state index in [-0.39, 0.29) is 5.41 Å². The number of hydrogen-bond acceptors (Lipinski definition) is 4. The average Bonchev–Trinajstić information content (AvgIpc) is 3.10. The molecule has 0 saturated carbocycles. The lowest BCUT2D eigenvalue weighted by Gasteiger charge is -2.41. The second kappa shape index (κ2) is 7.22. The summed E-state index contributed by atoms with van der Waals surface area (Å²) in [5, 5.41) is 13.1. The quantitative estimate of drug-likeness (QED) is 0.726. The van der Waals surface area contributed by atoms with Crippen LogP contribution < -0.4 is 0 Å². The maximum atomic E-state index is 9.70. The molecular weight excluding hydrogens is 340 g/mol. The summed E-state index contributed by atoms with van der Waals surface area (Å²) in [6.07, 6.45) is 2.14. The summed E-state index contributed by atoms with van der Waals surface area (Å²) >= 11 is 1.74. The van der Waals surface area contributed by atoms with Crippen LogP contribution in [0.5, 0.6) is 5.75 Å². The van der Waals surface area contributed by atoms with Gasteiger partial charge in [0.15, 0.2) is 0 Å². The smallest absolute Gasteiger partial charge is 0.115 e. The number of rotatable bonds is 4. The number of phenols is 1. The Morgan fingerprint density at radius 1 is 1.08 bits per heavy atom. The topological polar surface area (TPSA) is 36.4 Å². The molecule has 0 radical (unpaired) electrons. The molecule has 0 atom stereocenters. The van der Waals surface area contributed by atoms with Gasteiger partial charge in [-0.2, -0.15) is 0 Å². The lowest BCUT2D eigenvalue weighted by atomic mass is 9.70. The van der Waals surface area contributed by atoms with E-state index in [0.717, 1.165) is 37.5 Å². The van der Waals surface area contributed by atoms with Gasteiger partial charge in [0.1, 0.15) is 5.75 Å². The highest BCUT2D eigenvalue weighted by atomic mass is 32.1. The van der Waals surface area contributed by atoms with Gasteiger partial charge in [-0.25, -0.2) is 4.98 Å². The Morgan fingerprint density at radius 3 is 2.50 bits per heavy atom. The van der Waals surface area contributed by atoms with Crippen LogP contribution >= 0.6 is 11.3 Å². The minimum Gasteiger partial charge on any atom is -0.508 e. The molecule has 0 aliphatic carbocycles. The van der Waals surface area contributed by atoms with E-state index in [1.807, 2.05) is 12.1 Å². The predicted octanol–water partition coefficient (Wildman–Crippen LogP) is 4.74. The second-order valence-electron chi connectivity index (χ2n) is 7.15. The van der Waals surface area contributed by atoms with Crippen molar-refractivity contribution in [3.8, 4) is 5.75 Å². The molecule has 1 saturated heterocycles. The van der Waals surface area contributed by atoms with Gasteiger partial charge in [0, 0.05) is 17.3 Å². The van der Waals surface area contributed by atoms with E-state index in [1.54, 1.807) is 17.4 Å².